The lowest BCUT2D eigenvalue weighted by atomic mass is 10.1. The van der Waals surface area contributed by atoms with E-state index in [0.717, 1.165) is 24.4 Å². The van der Waals surface area contributed by atoms with Crippen LogP contribution in [0.4, 0.5) is 0 Å². The molecule has 0 saturated heterocycles. The fourth-order valence-corrected chi connectivity index (χ4v) is 3.89. The molecule has 2 heterocycles. The molecule has 0 aliphatic rings. The van der Waals surface area contributed by atoms with Crippen LogP contribution in [0.15, 0.2) is 50.7 Å². The third kappa shape index (κ3) is 2.96. The van der Waals surface area contributed by atoms with E-state index in [9.17, 15) is 0 Å². The molecule has 0 unspecified atom stereocenters. The van der Waals surface area contributed by atoms with Gasteiger partial charge in [0, 0.05) is 16.1 Å². The predicted molar refractivity (Wildman–Crippen MR) is 91.2 cm³/mol. The van der Waals surface area contributed by atoms with E-state index in [1.54, 1.807) is 17.4 Å². The molecule has 0 atom stereocenters. The molecule has 0 radical (unpaired) electrons. The topological polar surface area (TPSA) is 25.8 Å². The summed E-state index contributed by atoms with van der Waals surface area (Å²) in [6.45, 7) is 0. The van der Waals surface area contributed by atoms with Gasteiger partial charge in [-0.3, -0.25) is 0 Å². The Hall–Kier alpha value is -0.750. The molecule has 3 aromatic rings. The van der Waals surface area contributed by atoms with Gasteiger partial charge in [-0.2, -0.15) is 0 Å². The molecule has 2 aromatic heterocycles. The van der Waals surface area contributed by atoms with Crippen LogP contribution in [-0.4, -0.2) is 9.97 Å². The van der Waals surface area contributed by atoms with Gasteiger partial charge < -0.3 is 0 Å². The summed E-state index contributed by atoms with van der Waals surface area (Å²) in [6.07, 6.45) is 0. The second-order valence-electron chi connectivity index (χ2n) is 4.00. The van der Waals surface area contributed by atoms with Crippen LogP contribution in [0, 0.1) is 0 Å². The van der Waals surface area contributed by atoms with Crippen LogP contribution in [-0.2, 0) is 0 Å². The average Bonchev–Trinajstić information content (AvgIpc) is 2.79. The van der Waals surface area contributed by atoms with Crippen molar-refractivity contribution in [3.05, 3.63) is 55.9 Å². The van der Waals surface area contributed by atoms with E-state index < -0.39 is 0 Å². The molecule has 0 spiro atoms. The standard InChI is InChI=1S/C14H7Br2ClN2S/c15-9-6-11(20-13(9)16)14-18-10(7-12(17)19-14)8-4-2-1-3-5-8/h1-7H. The summed E-state index contributed by atoms with van der Waals surface area (Å²) in [6, 6.07) is 13.7. The van der Waals surface area contributed by atoms with E-state index in [1.165, 1.54) is 0 Å². The molecule has 0 saturated carbocycles. The minimum Gasteiger partial charge on any atom is -0.227 e. The molecule has 0 aliphatic heterocycles. The van der Waals surface area contributed by atoms with Crippen LogP contribution in [0.2, 0.25) is 5.15 Å². The molecule has 100 valence electrons. The first-order valence-electron chi connectivity index (χ1n) is 5.69. The SMILES string of the molecule is Clc1cc(-c2ccccc2)nc(-c2cc(Br)c(Br)s2)n1. The average molecular weight is 431 g/mol. The first-order chi connectivity index (χ1) is 9.63. The molecule has 3 rings (SSSR count). The van der Waals surface area contributed by atoms with Gasteiger partial charge >= 0.3 is 0 Å². The molecule has 0 bridgehead atoms. The highest BCUT2D eigenvalue weighted by molar-refractivity contribution is 9.13. The Balaban J connectivity index is 2.12. The van der Waals surface area contributed by atoms with Crippen molar-refractivity contribution >= 4 is 54.8 Å². The monoisotopic (exact) mass is 428 g/mol. The van der Waals surface area contributed by atoms with Crippen LogP contribution in [0.5, 0.6) is 0 Å². The lowest BCUT2D eigenvalue weighted by molar-refractivity contribution is 1.19. The maximum atomic E-state index is 6.13. The second kappa shape index (κ2) is 5.93. The van der Waals surface area contributed by atoms with Gasteiger partial charge in [-0.1, -0.05) is 41.9 Å². The third-order valence-electron chi connectivity index (χ3n) is 2.63. The van der Waals surface area contributed by atoms with Crippen LogP contribution >= 0.6 is 54.8 Å². The number of hydrogen-bond acceptors (Lipinski definition) is 3. The van der Waals surface area contributed by atoms with E-state index in [1.807, 2.05) is 36.4 Å². The maximum Gasteiger partial charge on any atom is 0.171 e. The fraction of sp³-hybridized carbons (Fsp3) is 0. The molecule has 2 nitrogen and oxygen atoms in total. The Morgan fingerprint density at radius 1 is 1.00 bits per heavy atom. The largest absolute Gasteiger partial charge is 0.227 e. The van der Waals surface area contributed by atoms with Crippen LogP contribution in [0.25, 0.3) is 22.0 Å². The van der Waals surface area contributed by atoms with Gasteiger partial charge in [-0.25, -0.2) is 9.97 Å². The second-order valence-corrected chi connectivity index (χ2v) is 7.61. The van der Waals surface area contributed by atoms with Gasteiger partial charge in [0.05, 0.1) is 14.4 Å². The summed E-state index contributed by atoms with van der Waals surface area (Å²) in [5, 5.41) is 0.439. The quantitative estimate of drug-likeness (QED) is 0.463. The van der Waals surface area contributed by atoms with Gasteiger partial charge in [0.25, 0.3) is 0 Å². The summed E-state index contributed by atoms with van der Waals surface area (Å²) in [7, 11) is 0. The van der Waals surface area contributed by atoms with E-state index in [4.69, 9.17) is 11.6 Å². The molecule has 0 N–H and O–H groups in total. The summed E-state index contributed by atoms with van der Waals surface area (Å²) in [4.78, 5) is 9.87. The summed E-state index contributed by atoms with van der Waals surface area (Å²) < 4.78 is 2.00. The number of rotatable bonds is 2. The Kier molecular flexibility index (Phi) is 4.21. The van der Waals surface area contributed by atoms with E-state index >= 15 is 0 Å². The number of halogens is 3. The van der Waals surface area contributed by atoms with Crippen molar-refractivity contribution in [1.29, 1.82) is 0 Å². The van der Waals surface area contributed by atoms with Crippen molar-refractivity contribution in [3.8, 4) is 22.0 Å². The number of benzene rings is 1. The van der Waals surface area contributed by atoms with E-state index in [0.29, 0.717) is 11.0 Å². The van der Waals surface area contributed by atoms with Crippen molar-refractivity contribution in [2.24, 2.45) is 0 Å². The molecule has 20 heavy (non-hydrogen) atoms. The molecule has 6 heteroatoms. The fourth-order valence-electron chi connectivity index (χ4n) is 1.74. The highest BCUT2D eigenvalue weighted by atomic mass is 79.9. The highest BCUT2D eigenvalue weighted by Gasteiger charge is 2.12. The number of aromatic nitrogens is 2. The highest BCUT2D eigenvalue weighted by Crippen LogP contribution is 2.37. The molecule has 0 fully saturated rings. The first-order valence-corrected chi connectivity index (χ1v) is 8.47. The van der Waals surface area contributed by atoms with Crippen molar-refractivity contribution in [2.45, 2.75) is 0 Å². The lowest BCUT2D eigenvalue weighted by Gasteiger charge is -2.03. The Bertz CT molecular complexity index is 740. The molecule has 1 aromatic carbocycles. The molecule has 0 amide bonds. The minimum atomic E-state index is 0.439. The van der Waals surface area contributed by atoms with Crippen molar-refractivity contribution in [3.63, 3.8) is 0 Å². The summed E-state index contributed by atoms with van der Waals surface area (Å²) >= 11 is 14.6. The minimum absolute atomic E-state index is 0.439. The maximum absolute atomic E-state index is 6.13. The van der Waals surface area contributed by atoms with Gasteiger partial charge in [0.15, 0.2) is 5.82 Å². The van der Waals surface area contributed by atoms with Gasteiger partial charge in [0.1, 0.15) is 5.15 Å². The normalized spacial score (nSPS) is 10.8. The zero-order valence-corrected chi connectivity index (χ0v) is 14.7. The third-order valence-corrected chi connectivity index (χ3v) is 6.08. The number of nitrogens with zero attached hydrogens (tertiary/aromatic N) is 2. The van der Waals surface area contributed by atoms with Crippen LogP contribution < -0.4 is 0 Å². The Labute approximate surface area is 142 Å². The summed E-state index contributed by atoms with van der Waals surface area (Å²) in [5.74, 6) is 0.632. The summed E-state index contributed by atoms with van der Waals surface area (Å²) in [5.41, 5.74) is 1.84. The van der Waals surface area contributed by atoms with Crippen LogP contribution in [0.1, 0.15) is 0 Å². The zero-order valence-electron chi connectivity index (χ0n) is 9.98. The first kappa shape index (κ1) is 14.2. The van der Waals surface area contributed by atoms with Crippen molar-refractivity contribution in [1.82, 2.24) is 9.97 Å². The Morgan fingerprint density at radius 3 is 2.40 bits per heavy atom. The van der Waals surface area contributed by atoms with Gasteiger partial charge in [0.2, 0.25) is 0 Å². The number of thiophene rings is 1. The Morgan fingerprint density at radius 2 is 1.75 bits per heavy atom. The van der Waals surface area contributed by atoms with Crippen molar-refractivity contribution < 1.29 is 0 Å². The van der Waals surface area contributed by atoms with E-state index in [2.05, 4.69) is 41.8 Å². The van der Waals surface area contributed by atoms with E-state index in [-0.39, 0.29) is 0 Å². The molecular formula is C14H7Br2ClN2S. The number of hydrogen-bond donors (Lipinski definition) is 0. The van der Waals surface area contributed by atoms with Crippen molar-refractivity contribution in [2.75, 3.05) is 0 Å². The van der Waals surface area contributed by atoms with Gasteiger partial charge in [-0.05, 0) is 37.9 Å². The molecule has 0 aliphatic carbocycles. The van der Waals surface area contributed by atoms with Crippen LogP contribution in [0.3, 0.4) is 0 Å². The predicted octanol–water partition coefficient (Wildman–Crippen LogP) is 6.05. The smallest absolute Gasteiger partial charge is 0.171 e. The van der Waals surface area contributed by atoms with Gasteiger partial charge in [-0.15, -0.1) is 11.3 Å². The zero-order chi connectivity index (χ0) is 14.1. The molecular weight excluding hydrogens is 423 g/mol. The lowest BCUT2D eigenvalue weighted by Crippen LogP contribution is -1.91.